The summed E-state index contributed by atoms with van der Waals surface area (Å²) in [5.74, 6) is -0.0428. The van der Waals surface area contributed by atoms with Crippen LogP contribution in [0.15, 0.2) is 53.0 Å². The third kappa shape index (κ3) is 2.74. The summed E-state index contributed by atoms with van der Waals surface area (Å²) < 4.78 is 0.904. The van der Waals surface area contributed by atoms with Gasteiger partial charge in [0.2, 0.25) is 0 Å². The Morgan fingerprint density at radius 2 is 1.85 bits per heavy atom. The van der Waals surface area contributed by atoms with Crippen LogP contribution in [-0.4, -0.2) is 5.91 Å². The lowest BCUT2D eigenvalue weighted by molar-refractivity contribution is 0.0931. The molecule has 4 heteroatoms. The van der Waals surface area contributed by atoms with Crippen molar-refractivity contribution < 1.29 is 4.79 Å². The molecule has 1 amide bonds. The summed E-state index contributed by atoms with van der Waals surface area (Å²) in [6.45, 7) is 0. The third-order valence-electron chi connectivity index (χ3n) is 3.59. The molecular formula is C16H13BrClNO. The van der Waals surface area contributed by atoms with E-state index in [2.05, 4.69) is 21.2 Å². The lowest BCUT2D eigenvalue weighted by Gasteiger charge is -2.18. The van der Waals surface area contributed by atoms with Crippen molar-refractivity contribution >= 4 is 33.4 Å². The lowest BCUT2D eigenvalue weighted by Crippen LogP contribution is -2.34. The van der Waals surface area contributed by atoms with Gasteiger partial charge in [0, 0.05) is 15.1 Å². The van der Waals surface area contributed by atoms with Crippen molar-refractivity contribution in [2.75, 3.05) is 0 Å². The van der Waals surface area contributed by atoms with Crippen molar-refractivity contribution in [3.05, 3.63) is 69.2 Å². The van der Waals surface area contributed by atoms with Crippen LogP contribution in [-0.2, 0) is 5.54 Å². The fraction of sp³-hybridized carbons (Fsp3) is 0.188. The molecule has 0 aliphatic heterocycles. The molecule has 2 aromatic rings. The summed E-state index contributed by atoms with van der Waals surface area (Å²) in [7, 11) is 0. The van der Waals surface area contributed by atoms with Gasteiger partial charge in [-0.15, -0.1) is 0 Å². The van der Waals surface area contributed by atoms with E-state index in [0.717, 1.165) is 22.9 Å². The van der Waals surface area contributed by atoms with Crippen LogP contribution >= 0.6 is 27.5 Å². The minimum absolute atomic E-state index is 0.0428. The molecule has 0 radical (unpaired) electrons. The number of carbonyl (C=O) groups excluding carboxylic acids is 1. The van der Waals surface area contributed by atoms with Gasteiger partial charge in [-0.3, -0.25) is 4.79 Å². The van der Waals surface area contributed by atoms with Crippen molar-refractivity contribution in [1.82, 2.24) is 5.32 Å². The standard InChI is InChI=1S/C16H13BrClNO/c17-13-3-1-2-11(10-13)15(20)19-16(8-9-16)12-4-6-14(18)7-5-12/h1-7,10H,8-9H2,(H,19,20). The lowest BCUT2D eigenvalue weighted by atomic mass is 10.0. The van der Waals surface area contributed by atoms with Gasteiger partial charge in [-0.05, 0) is 48.7 Å². The summed E-state index contributed by atoms with van der Waals surface area (Å²) in [4.78, 5) is 12.3. The van der Waals surface area contributed by atoms with Gasteiger partial charge >= 0.3 is 0 Å². The van der Waals surface area contributed by atoms with Crippen LogP contribution in [0, 0.1) is 0 Å². The van der Waals surface area contributed by atoms with E-state index >= 15 is 0 Å². The first-order valence-corrected chi connectivity index (χ1v) is 7.60. The molecule has 1 aliphatic carbocycles. The van der Waals surface area contributed by atoms with E-state index in [1.807, 2.05) is 48.5 Å². The molecule has 0 atom stereocenters. The molecule has 0 heterocycles. The Labute approximate surface area is 131 Å². The number of halogens is 2. The van der Waals surface area contributed by atoms with Crippen LogP contribution in [0.3, 0.4) is 0 Å². The number of benzene rings is 2. The van der Waals surface area contributed by atoms with Gasteiger partial charge in [0.05, 0.1) is 5.54 Å². The zero-order valence-corrected chi connectivity index (χ0v) is 13.0. The van der Waals surface area contributed by atoms with Crippen molar-refractivity contribution in [2.24, 2.45) is 0 Å². The predicted molar refractivity (Wildman–Crippen MR) is 84.0 cm³/mol. The number of hydrogen-bond donors (Lipinski definition) is 1. The van der Waals surface area contributed by atoms with Crippen molar-refractivity contribution in [3.8, 4) is 0 Å². The average molecular weight is 351 g/mol. The highest BCUT2D eigenvalue weighted by Crippen LogP contribution is 2.45. The van der Waals surface area contributed by atoms with E-state index < -0.39 is 0 Å². The molecule has 0 unspecified atom stereocenters. The zero-order valence-electron chi connectivity index (χ0n) is 10.7. The monoisotopic (exact) mass is 349 g/mol. The van der Waals surface area contributed by atoms with Gasteiger partial charge in [0.15, 0.2) is 0 Å². The number of carbonyl (C=O) groups is 1. The van der Waals surface area contributed by atoms with Gasteiger partial charge < -0.3 is 5.32 Å². The third-order valence-corrected chi connectivity index (χ3v) is 4.33. The molecule has 20 heavy (non-hydrogen) atoms. The maximum Gasteiger partial charge on any atom is 0.252 e. The average Bonchev–Trinajstić information content (AvgIpc) is 3.20. The van der Waals surface area contributed by atoms with E-state index in [9.17, 15) is 4.79 Å². The summed E-state index contributed by atoms with van der Waals surface area (Å²) >= 11 is 9.29. The molecule has 1 saturated carbocycles. The Morgan fingerprint density at radius 3 is 2.45 bits per heavy atom. The summed E-state index contributed by atoms with van der Waals surface area (Å²) in [6, 6.07) is 15.1. The van der Waals surface area contributed by atoms with Crippen molar-refractivity contribution in [2.45, 2.75) is 18.4 Å². The maximum atomic E-state index is 12.3. The first-order valence-electron chi connectivity index (χ1n) is 6.43. The van der Waals surface area contributed by atoms with Crippen LogP contribution < -0.4 is 5.32 Å². The van der Waals surface area contributed by atoms with Crippen molar-refractivity contribution in [1.29, 1.82) is 0 Å². The highest BCUT2D eigenvalue weighted by Gasteiger charge is 2.45. The molecule has 3 rings (SSSR count). The Kier molecular flexibility index (Phi) is 3.57. The largest absolute Gasteiger partial charge is 0.343 e. The van der Waals surface area contributed by atoms with Crippen LogP contribution in [0.4, 0.5) is 0 Å². The Bertz CT molecular complexity index is 650. The van der Waals surface area contributed by atoms with E-state index in [1.54, 1.807) is 0 Å². The van der Waals surface area contributed by atoms with Gasteiger partial charge in [-0.25, -0.2) is 0 Å². The van der Waals surface area contributed by atoms with Crippen molar-refractivity contribution in [3.63, 3.8) is 0 Å². The molecule has 1 N–H and O–H groups in total. The number of rotatable bonds is 3. The molecule has 1 fully saturated rings. The smallest absolute Gasteiger partial charge is 0.252 e. The fourth-order valence-electron chi connectivity index (χ4n) is 2.30. The number of nitrogens with one attached hydrogen (secondary N) is 1. The summed E-state index contributed by atoms with van der Waals surface area (Å²) in [5, 5.41) is 3.85. The van der Waals surface area contributed by atoms with E-state index in [0.29, 0.717) is 10.6 Å². The van der Waals surface area contributed by atoms with E-state index in [-0.39, 0.29) is 11.4 Å². The topological polar surface area (TPSA) is 29.1 Å². The van der Waals surface area contributed by atoms with Gasteiger partial charge in [0.1, 0.15) is 0 Å². The zero-order chi connectivity index (χ0) is 14.2. The van der Waals surface area contributed by atoms with Gasteiger partial charge in [-0.2, -0.15) is 0 Å². The second kappa shape index (κ2) is 5.23. The molecule has 2 aromatic carbocycles. The van der Waals surface area contributed by atoms with Crippen LogP contribution in [0.1, 0.15) is 28.8 Å². The van der Waals surface area contributed by atoms with Crippen LogP contribution in [0.5, 0.6) is 0 Å². The Morgan fingerprint density at radius 1 is 1.15 bits per heavy atom. The molecule has 0 saturated heterocycles. The summed E-state index contributed by atoms with van der Waals surface area (Å²) in [6.07, 6.45) is 1.93. The highest BCUT2D eigenvalue weighted by molar-refractivity contribution is 9.10. The normalized spacial score (nSPS) is 15.7. The fourth-order valence-corrected chi connectivity index (χ4v) is 2.82. The molecule has 0 aromatic heterocycles. The molecule has 102 valence electrons. The predicted octanol–water partition coefficient (Wildman–Crippen LogP) is 4.52. The highest BCUT2D eigenvalue weighted by atomic mass is 79.9. The SMILES string of the molecule is O=C(NC1(c2ccc(Cl)cc2)CC1)c1cccc(Br)c1. The van der Waals surface area contributed by atoms with E-state index in [4.69, 9.17) is 11.6 Å². The molecule has 0 spiro atoms. The van der Waals surface area contributed by atoms with Crippen LogP contribution in [0.2, 0.25) is 5.02 Å². The molecular weight excluding hydrogens is 338 g/mol. The number of amides is 1. The number of hydrogen-bond acceptors (Lipinski definition) is 1. The van der Waals surface area contributed by atoms with Crippen LogP contribution in [0.25, 0.3) is 0 Å². The Hall–Kier alpha value is -1.32. The van der Waals surface area contributed by atoms with E-state index in [1.165, 1.54) is 0 Å². The Balaban J connectivity index is 1.80. The minimum Gasteiger partial charge on any atom is -0.343 e. The molecule has 2 nitrogen and oxygen atoms in total. The second-order valence-electron chi connectivity index (χ2n) is 5.05. The second-order valence-corrected chi connectivity index (χ2v) is 6.41. The first kappa shape index (κ1) is 13.7. The summed E-state index contributed by atoms with van der Waals surface area (Å²) in [5.41, 5.74) is 1.56. The quantitative estimate of drug-likeness (QED) is 0.866. The maximum absolute atomic E-state index is 12.3. The van der Waals surface area contributed by atoms with Gasteiger partial charge in [0.25, 0.3) is 5.91 Å². The molecule has 0 bridgehead atoms. The minimum atomic E-state index is -0.218. The van der Waals surface area contributed by atoms with Gasteiger partial charge in [-0.1, -0.05) is 45.7 Å². The molecule has 1 aliphatic rings. The first-order chi connectivity index (χ1) is 9.59.